The van der Waals surface area contributed by atoms with E-state index in [1.54, 1.807) is 6.07 Å². The van der Waals surface area contributed by atoms with E-state index in [1.807, 2.05) is 0 Å². The first-order chi connectivity index (χ1) is 13.3. The van der Waals surface area contributed by atoms with Crippen molar-refractivity contribution in [1.29, 1.82) is 5.26 Å². The minimum Gasteiger partial charge on any atom is -0.435 e. The van der Waals surface area contributed by atoms with E-state index in [-0.39, 0.29) is 11.3 Å². The number of nitrogens with zero attached hydrogens (tertiary/aromatic N) is 1. The Morgan fingerprint density at radius 1 is 1.04 bits per heavy atom. The number of nitrogens with one attached hydrogen (secondary N) is 1. The molecule has 0 aliphatic rings. The van der Waals surface area contributed by atoms with Crippen molar-refractivity contribution >= 4 is 17.7 Å². The summed E-state index contributed by atoms with van der Waals surface area (Å²) in [5, 5.41) is 11.5. The van der Waals surface area contributed by atoms with E-state index in [1.165, 1.54) is 12.1 Å². The van der Waals surface area contributed by atoms with Crippen LogP contribution >= 0.6 is 0 Å². The van der Waals surface area contributed by atoms with Gasteiger partial charge in [0.05, 0.1) is 0 Å². The number of hydrogen-bond donors (Lipinski definition) is 1. The van der Waals surface area contributed by atoms with Crippen LogP contribution in [-0.2, 0) is 4.79 Å². The standard InChI is InChI=1S/C18H11F5N2O3/c19-12-2-4-13(5-3-12)25-16(26)11(9-24)7-10-1-6-14(27-17(20)21)8-15(10)28-18(22)23/h1-8,17-18H,(H,25,26)/b11-7+. The quantitative estimate of drug-likeness (QED) is 0.421. The molecule has 0 saturated carbocycles. The molecule has 0 fully saturated rings. The number of halogens is 5. The first-order valence-electron chi connectivity index (χ1n) is 7.51. The summed E-state index contributed by atoms with van der Waals surface area (Å²) < 4.78 is 71.0. The summed E-state index contributed by atoms with van der Waals surface area (Å²) >= 11 is 0. The van der Waals surface area contributed by atoms with Crippen molar-refractivity contribution in [2.75, 3.05) is 5.32 Å². The van der Waals surface area contributed by atoms with Gasteiger partial charge in [0.2, 0.25) is 0 Å². The molecule has 5 nitrogen and oxygen atoms in total. The molecule has 28 heavy (non-hydrogen) atoms. The van der Waals surface area contributed by atoms with Crippen molar-refractivity contribution in [2.45, 2.75) is 13.2 Å². The average Bonchev–Trinajstić information content (AvgIpc) is 2.62. The highest BCUT2D eigenvalue weighted by Gasteiger charge is 2.15. The molecule has 0 aliphatic carbocycles. The minimum atomic E-state index is -3.28. The molecule has 0 radical (unpaired) electrons. The van der Waals surface area contributed by atoms with Crippen molar-refractivity contribution in [2.24, 2.45) is 0 Å². The second-order valence-electron chi connectivity index (χ2n) is 5.09. The molecule has 0 aromatic heterocycles. The summed E-state index contributed by atoms with van der Waals surface area (Å²) in [5.74, 6) is -2.45. The molecule has 0 heterocycles. The molecule has 0 aliphatic heterocycles. The van der Waals surface area contributed by atoms with Gasteiger partial charge in [0.1, 0.15) is 29.0 Å². The fourth-order valence-corrected chi connectivity index (χ4v) is 2.04. The van der Waals surface area contributed by atoms with E-state index in [2.05, 4.69) is 14.8 Å². The lowest BCUT2D eigenvalue weighted by Crippen LogP contribution is -2.13. The largest absolute Gasteiger partial charge is 0.435 e. The number of anilines is 1. The summed E-state index contributed by atoms with van der Waals surface area (Å²) in [5.41, 5.74) is -0.448. The van der Waals surface area contributed by atoms with Gasteiger partial charge in [0, 0.05) is 17.3 Å². The van der Waals surface area contributed by atoms with Crippen LogP contribution in [0.2, 0.25) is 0 Å². The Morgan fingerprint density at radius 3 is 2.25 bits per heavy atom. The summed E-state index contributed by atoms with van der Waals surface area (Å²) in [6, 6.07) is 9.14. The van der Waals surface area contributed by atoms with E-state index in [4.69, 9.17) is 0 Å². The Bertz CT molecular complexity index is 908. The lowest BCUT2D eigenvalue weighted by atomic mass is 10.1. The molecule has 2 aromatic carbocycles. The lowest BCUT2D eigenvalue weighted by molar-refractivity contribution is -0.112. The van der Waals surface area contributed by atoms with Gasteiger partial charge in [-0.25, -0.2) is 4.39 Å². The van der Waals surface area contributed by atoms with E-state index in [0.717, 1.165) is 36.4 Å². The summed E-state index contributed by atoms with van der Waals surface area (Å²) in [7, 11) is 0. The molecule has 0 saturated heterocycles. The first-order valence-corrected chi connectivity index (χ1v) is 7.51. The minimum absolute atomic E-state index is 0.146. The molecule has 0 atom stereocenters. The molecule has 1 amide bonds. The van der Waals surface area contributed by atoms with E-state index in [9.17, 15) is 32.0 Å². The van der Waals surface area contributed by atoms with Gasteiger partial charge in [-0.2, -0.15) is 22.8 Å². The molecule has 0 bridgehead atoms. The molecule has 1 N–H and O–H groups in total. The van der Waals surface area contributed by atoms with Crippen molar-refractivity contribution < 1.29 is 36.2 Å². The molecular weight excluding hydrogens is 387 g/mol. The number of benzene rings is 2. The van der Waals surface area contributed by atoms with Crippen molar-refractivity contribution in [3.8, 4) is 17.6 Å². The van der Waals surface area contributed by atoms with Gasteiger partial charge < -0.3 is 14.8 Å². The molecule has 0 spiro atoms. The number of carbonyl (C=O) groups excluding carboxylic acids is 1. The van der Waals surface area contributed by atoms with Crippen molar-refractivity contribution in [3.63, 3.8) is 0 Å². The fraction of sp³-hybridized carbons (Fsp3) is 0.111. The van der Waals surface area contributed by atoms with Gasteiger partial charge >= 0.3 is 13.2 Å². The van der Waals surface area contributed by atoms with Crippen LogP contribution in [0.5, 0.6) is 11.5 Å². The Labute approximate surface area is 155 Å². The van der Waals surface area contributed by atoms with Crippen LogP contribution in [-0.4, -0.2) is 19.1 Å². The maximum absolute atomic E-state index is 12.9. The van der Waals surface area contributed by atoms with E-state index < -0.39 is 42.0 Å². The number of alkyl halides is 4. The summed E-state index contributed by atoms with van der Waals surface area (Å²) in [6.45, 7) is -6.47. The highest BCUT2D eigenvalue weighted by molar-refractivity contribution is 6.09. The highest BCUT2D eigenvalue weighted by Crippen LogP contribution is 2.29. The molecule has 146 valence electrons. The molecule has 0 unspecified atom stereocenters. The lowest BCUT2D eigenvalue weighted by Gasteiger charge is -2.11. The third kappa shape index (κ3) is 5.98. The Balaban J connectivity index is 2.31. The second-order valence-corrected chi connectivity index (χ2v) is 5.09. The van der Waals surface area contributed by atoms with Crippen molar-refractivity contribution in [3.05, 3.63) is 59.4 Å². The monoisotopic (exact) mass is 398 g/mol. The average molecular weight is 398 g/mol. The topological polar surface area (TPSA) is 71.3 Å². The van der Waals surface area contributed by atoms with Gasteiger partial charge in [-0.05, 0) is 42.5 Å². The Kier molecular flexibility index (Phi) is 6.92. The van der Waals surface area contributed by atoms with Crippen molar-refractivity contribution in [1.82, 2.24) is 0 Å². The molecule has 10 heteroatoms. The normalized spacial score (nSPS) is 11.3. The van der Waals surface area contributed by atoms with Gasteiger partial charge in [-0.3, -0.25) is 4.79 Å². The third-order valence-corrected chi connectivity index (χ3v) is 3.19. The number of nitriles is 1. The predicted octanol–water partition coefficient (Wildman–Crippen LogP) is 4.57. The van der Waals surface area contributed by atoms with Crippen LogP contribution in [0.25, 0.3) is 6.08 Å². The number of carbonyl (C=O) groups is 1. The predicted molar refractivity (Wildman–Crippen MR) is 88.3 cm³/mol. The van der Waals surface area contributed by atoms with Crippen LogP contribution in [0.3, 0.4) is 0 Å². The highest BCUT2D eigenvalue weighted by atomic mass is 19.3. The van der Waals surface area contributed by atoms with Gasteiger partial charge in [0.15, 0.2) is 0 Å². The molecule has 2 aromatic rings. The Hall–Kier alpha value is -3.61. The van der Waals surface area contributed by atoms with Crippen LogP contribution in [0.4, 0.5) is 27.6 Å². The first kappa shape index (κ1) is 20.7. The number of amides is 1. The summed E-state index contributed by atoms with van der Waals surface area (Å²) in [6.07, 6.45) is 0.933. The third-order valence-electron chi connectivity index (χ3n) is 3.19. The number of hydrogen-bond acceptors (Lipinski definition) is 4. The zero-order valence-electron chi connectivity index (χ0n) is 13.8. The van der Waals surface area contributed by atoms with E-state index in [0.29, 0.717) is 0 Å². The second kappa shape index (κ2) is 9.36. The SMILES string of the molecule is N#C/C(=C\c1ccc(OC(F)F)cc1OC(F)F)C(=O)Nc1ccc(F)cc1. The zero-order chi connectivity index (χ0) is 20.7. The maximum atomic E-state index is 12.9. The van der Waals surface area contributed by atoms with Gasteiger partial charge in [-0.15, -0.1) is 0 Å². The molecular formula is C18H11F5N2O3. The van der Waals surface area contributed by atoms with Crippen LogP contribution < -0.4 is 14.8 Å². The van der Waals surface area contributed by atoms with E-state index >= 15 is 0 Å². The number of ether oxygens (including phenoxy) is 2. The van der Waals surface area contributed by atoms with Crippen LogP contribution in [0.1, 0.15) is 5.56 Å². The number of rotatable bonds is 7. The van der Waals surface area contributed by atoms with Crippen LogP contribution in [0.15, 0.2) is 48.0 Å². The summed E-state index contributed by atoms with van der Waals surface area (Å²) in [4.78, 5) is 12.2. The fourth-order valence-electron chi connectivity index (χ4n) is 2.04. The zero-order valence-corrected chi connectivity index (χ0v) is 13.8. The maximum Gasteiger partial charge on any atom is 0.387 e. The smallest absolute Gasteiger partial charge is 0.387 e. The Morgan fingerprint density at radius 2 is 1.68 bits per heavy atom. The van der Waals surface area contributed by atoms with Crippen LogP contribution in [0, 0.1) is 17.1 Å². The van der Waals surface area contributed by atoms with Gasteiger partial charge in [-0.1, -0.05) is 0 Å². The van der Waals surface area contributed by atoms with Gasteiger partial charge in [0.25, 0.3) is 5.91 Å². The molecule has 2 rings (SSSR count).